The Morgan fingerprint density at radius 2 is 2.28 bits per heavy atom. The van der Waals surface area contributed by atoms with Gasteiger partial charge in [-0.3, -0.25) is 10.1 Å². The summed E-state index contributed by atoms with van der Waals surface area (Å²) < 4.78 is 34.0. The van der Waals surface area contributed by atoms with E-state index in [4.69, 9.17) is 10.1 Å². The molecule has 0 aliphatic carbocycles. The molecule has 11 heteroatoms. The summed E-state index contributed by atoms with van der Waals surface area (Å²) in [5.41, 5.74) is 0.517. The van der Waals surface area contributed by atoms with Gasteiger partial charge in [-0.1, -0.05) is 11.9 Å². The first-order chi connectivity index (χ1) is 14.0. The molecular weight excluding hydrogens is 400 g/mol. The fourth-order valence-electron chi connectivity index (χ4n) is 2.91. The predicted molar refractivity (Wildman–Crippen MR) is 110 cm³/mol. The minimum Gasteiger partial charge on any atom is -0.373 e. The first-order valence-electron chi connectivity index (χ1n) is 9.05. The fourth-order valence-corrected chi connectivity index (χ4v) is 3.43. The van der Waals surface area contributed by atoms with Crippen LogP contribution < -0.4 is 9.62 Å². The van der Waals surface area contributed by atoms with Crippen molar-refractivity contribution in [1.29, 1.82) is 5.41 Å². The Balaban J connectivity index is 1.72. The number of nitrogens with one attached hydrogen (secondary N) is 3. The van der Waals surface area contributed by atoms with Crippen molar-refractivity contribution < 1.29 is 13.5 Å². The molecule has 0 radical (unpaired) electrons. The standard InChI is InChI=1S/C18H23F2N7OS/c1-11(26-29-2)15-9-27(5-6-28-15)17-7-13(23-10-24-17)14-8-22-16(25-14)4-3-12(21)18(19)20/h3-4,7-8,10-11,15,18,21,26H,5-6,9H2,1-2H3,(H,22,25)/b4-3-,21-12?. The van der Waals surface area contributed by atoms with Gasteiger partial charge in [-0.2, -0.15) is 0 Å². The number of imidazole rings is 1. The van der Waals surface area contributed by atoms with Crippen LogP contribution in [0.15, 0.2) is 24.7 Å². The van der Waals surface area contributed by atoms with Crippen molar-refractivity contribution in [3.63, 3.8) is 0 Å². The second-order valence-electron chi connectivity index (χ2n) is 6.50. The van der Waals surface area contributed by atoms with E-state index in [1.807, 2.05) is 12.3 Å². The van der Waals surface area contributed by atoms with Crippen LogP contribution in [0, 0.1) is 5.41 Å². The number of rotatable bonds is 8. The molecule has 156 valence electrons. The predicted octanol–water partition coefficient (Wildman–Crippen LogP) is 2.63. The van der Waals surface area contributed by atoms with E-state index in [0.29, 0.717) is 30.4 Å². The zero-order valence-electron chi connectivity index (χ0n) is 16.1. The highest BCUT2D eigenvalue weighted by atomic mass is 32.2. The maximum atomic E-state index is 12.4. The van der Waals surface area contributed by atoms with Crippen molar-refractivity contribution in [1.82, 2.24) is 24.7 Å². The highest BCUT2D eigenvalue weighted by molar-refractivity contribution is 7.96. The number of H-pyrrole nitrogens is 1. The monoisotopic (exact) mass is 423 g/mol. The molecular formula is C18H23F2N7OS. The smallest absolute Gasteiger partial charge is 0.279 e. The topological polar surface area (TPSA) is 103 Å². The Morgan fingerprint density at radius 1 is 1.45 bits per heavy atom. The highest BCUT2D eigenvalue weighted by Gasteiger charge is 2.26. The SMILES string of the molecule is CSNC(C)C1CN(c2cc(-c3cnc(/C=C\C(=N)C(F)F)[nH]3)ncn2)CCO1. The molecule has 0 spiro atoms. The molecule has 1 aliphatic heterocycles. The molecule has 0 bridgehead atoms. The number of hydrogen-bond acceptors (Lipinski definition) is 8. The second-order valence-corrected chi connectivity index (χ2v) is 7.14. The van der Waals surface area contributed by atoms with Crippen LogP contribution in [0.2, 0.25) is 0 Å². The lowest BCUT2D eigenvalue weighted by molar-refractivity contribution is 0.0245. The third-order valence-corrected chi connectivity index (χ3v) is 5.07. The molecule has 1 aliphatic rings. The highest BCUT2D eigenvalue weighted by Crippen LogP contribution is 2.22. The van der Waals surface area contributed by atoms with Gasteiger partial charge in [-0.05, 0) is 25.3 Å². The van der Waals surface area contributed by atoms with Gasteiger partial charge < -0.3 is 14.6 Å². The lowest BCUT2D eigenvalue weighted by atomic mass is 10.1. The molecule has 2 unspecified atom stereocenters. The van der Waals surface area contributed by atoms with E-state index in [1.54, 1.807) is 18.1 Å². The number of hydrogen-bond donors (Lipinski definition) is 3. The van der Waals surface area contributed by atoms with E-state index < -0.39 is 12.1 Å². The number of nitrogens with zero attached hydrogens (tertiary/aromatic N) is 4. The van der Waals surface area contributed by atoms with Gasteiger partial charge in [0.15, 0.2) is 0 Å². The molecule has 29 heavy (non-hydrogen) atoms. The van der Waals surface area contributed by atoms with Crippen molar-refractivity contribution in [3.8, 4) is 11.4 Å². The maximum Gasteiger partial charge on any atom is 0.279 e. The first-order valence-corrected chi connectivity index (χ1v) is 10.3. The zero-order valence-corrected chi connectivity index (χ0v) is 16.9. The molecule has 2 aromatic heterocycles. The fraction of sp³-hybridized carbons (Fsp3) is 0.444. The molecule has 0 amide bonds. The molecule has 1 fully saturated rings. The Labute approximate surface area is 171 Å². The summed E-state index contributed by atoms with van der Waals surface area (Å²) in [5, 5.41) is 7.16. The van der Waals surface area contributed by atoms with Gasteiger partial charge in [0, 0.05) is 25.2 Å². The molecule has 2 aromatic rings. The van der Waals surface area contributed by atoms with Gasteiger partial charge in [-0.25, -0.2) is 23.7 Å². The minimum absolute atomic E-state index is 0.0451. The van der Waals surface area contributed by atoms with Gasteiger partial charge in [0.05, 0.1) is 36.0 Å². The molecule has 0 aromatic carbocycles. The Hall–Kier alpha value is -2.37. The van der Waals surface area contributed by atoms with Crippen molar-refractivity contribution in [2.45, 2.75) is 25.5 Å². The molecule has 3 N–H and O–H groups in total. The number of aromatic nitrogens is 4. The van der Waals surface area contributed by atoms with Crippen molar-refractivity contribution in [2.24, 2.45) is 0 Å². The number of morpholine rings is 1. The number of halogens is 2. The first kappa shape index (κ1) is 21.3. The van der Waals surface area contributed by atoms with Gasteiger partial charge in [0.2, 0.25) is 0 Å². The van der Waals surface area contributed by atoms with E-state index in [9.17, 15) is 8.78 Å². The summed E-state index contributed by atoms with van der Waals surface area (Å²) in [6, 6.07) is 2.06. The van der Waals surface area contributed by atoms with Crippen LogP contribution in [0.5, 0.6) is 0 Å². The van der Waals surface area contributed by atoms with E-state index in [-0.39, 0.29) is 12.1 Å². The molecule has 3 rings (SSSR count). The quantitative estimate of drug-likeness (QED) is 0.443. The van der Waals surface area contributed by atoms with Crippen LogP contribution in [0.25, 0.3) is 17.5 Å². The van der Waals surface area contributed by atoms with Crippen LogP contribution in [0.3, 0.4) is 0 Å². The summed E-state index contributed by atoms with van der Waals surface area (Å²) in [6.07, 6.45) is 4.65. The summed E-state index contributed by atoms with van der Waals surface area (Å²) >= 11 is 1.56. The lowest BCUT2D eigenvalue weighted by Crippen LogP contribution is -2.50. The van der Waals surface area contributed by atoms with E-state index >= 15 is 0 Å². The van der Waals surface area contributed by atoms with E-state index in [2.05, 4.69) is 36.5 Å². The molecule has 1 saturated heterocycles. The zero-order chi connectivity index (χ0) is 20.8. The number of aromatic amines is 1. The average Bonchev–Trinajstić information content (AvgIpc) is 3.21. The summed E-state index contributed by atoms with van der Waals surface area (Å²) in [6.45, 7) is 4.13. The maximum absolute atomic E-state index is 12.4. The van der Waals surface area contributed by atoms with Gasteiger partial charge >= 0.3 is 0 Å². The minimum atomic E-state index is -2.81. The van der Waals surface area contributed by atoms with Crippen LogP contribution >= 0.6 is 11.9 Å². The Bertz CT molecular complexity index is 860. The second kappa shape index (κ2) is 9.90. The summed E-state index contributed by atoms with van der Waals surface area (Å²) in [5.74, 6) is 1.15. The van der Waals surface area contributed by atoms with Gasteiger partial charge in [0.1, 0.15) is 18.0 Å². The summed E-state index contributed by atoms with van der Waals surface area (Å²) in [4.78, 5) is 18.0. The lowest BCUT2D eigenvalue weighted by Gasteiger charge is -2.36. The number of allylic oxidation sites excluding steroid dienone is 1. The van der Waals surface area contributed by atoms with Gasteiger partial charge in [0.25, 0.3) is 6.43 Å². The molecule has 2 atom stereocenters. The third-order valence-electron chi connectivity index (χ3n) is 4.46. The van der Waals surface area contributed by atoms with Crippen molar-refractivity contribution >= 4 is 29.6 Å². The van der Waals surface area contributed by atoms with Crippen molar-refractivity contribution in [2.75, 3.05) is 30.9 Å². The number of anilines is 1. The summed E-state index contributed by atoms with van der Waals surface area (Å²) in [7, 11) is 0. The van der Waals surface area contributed by atoms with Crippen LogP contribution in [-0.2, 0) is 4.74 Å². The van der Waals surface area contributed by atoms with Crippen LogP contribution in [0.1, 0.15) is 12.7 Å². The molecule has 3 heterocycles. The third kappa shape index (κ3) is 5.58. The number of ether oxygens (including phenoxy) is 1. The van der Waals surface area contributed by atoms with Crippen LogP contribution in [-0.4, -0.2) is 70.2 Å². The Kier molecular flexibility index (Phi) is 7.29. The normalized spacial score (nSPS) is 18.5. The van der Waals surface area contributed by atoms with Gasteiger partial charge in [-0.15, -0.1) is 0 Å². The molecule has 0 saturated carbocycles. The number of alkyl halides is 2. The van der Waals surface area contributed by atoms with E-state index in [0.717, 1.165) is 18.4 Å². The average molecular weight is 423 g/mol. The largest absolute Gasteiger partial charge is 0.373 e. The Morgan fingerprint density at radius 3 is 3.03 bits per heavy atom. The van der Waals surface area contributed by atoms with Crippen LogP contribution in [0.4, 0.5) is 14.6 Å². The van der Waals surface area contributed by atoms with Crippen molar-refractivity contribution in [3.05, 3.63) is 30.5 Å². The molecule has 8 nitrogen and oxygen atoms in total. The van der Waals surface area contributed by atoms with E-state index in [1.165, 1.54) is 12.4 Å².